The molecule has 27 heavy (non-hydrogen) atoms. The summed E-state index contributed by atoms with van der Waals surface area (Å²) in [7, 11) is 3.91. The summed E-state index contributed by atoms with van der Waals surface area (Å²) < 4.78 is 1.03. The lowest BCUT2D eigenvalue weighted by atomic mass is 9.97. The third-order valence-corrected chi connectivity index (χ3v) is 6.51. The molecule has 0 saturated carbocycles. The van der Waals surface area contributed by atoms with Gasteiger partial charge in [-0.25, -0.2) is 4.98 Å². The van der Waals surface area contributed by atoms with Gasteiger partial charge in [0.25, 0.3) is 5.91 Å². The van der Waals surface area contributed by atoms with E-state index in [2.05, 4.69) is 10.3 Å². The topological polar surface area (TPSA) is 91.6 Å². The number of carbonyl (C=O) groups excluding carboxylic acids is 2. The van der Waals surface area contributed by atoms with E-state index in [0.717, 1.165) is 27.5 Å². The molecule has 0 radical (unpaired) electrons. The molecule has 152 valence electrons. The number of likely N-dealkylation sites (tertiary alicyclic amines) is 1. The largest absolute Gasteiger partial charge is 0.355 e. The Balaban J connectivity index is 0.00000182. The van der Waals surface area contributed by atoms with Crippen molar-refractivity contribution in [2.45, 2.75) is 12.8 Å². The summed E-state index contributed by atoms with van der Waals surface area (Å²) in [6, 6.07) is 1.92. The SMILES string of the molecule is CN(C)c1nc2sc(C(=O)N3CCCC(C(=O)NCCN)C3)cc2s1.Cl.Cl. The fourth-order valence-corrected chi connectivity index (χ4v) is 4.99. The summed E-state index contributed by atoms with van der Waals surface area (Å²) >= 11 is 3.01. The summed E-state index contributed by atoms with van der Waals surface area (Å²) in [6.45, 7) is 2.07. The van der Waals surface area contributed by atoms with Crippen molar-refractivity contribution in [3.8, 4) is 0 Å². The van der Waals surface area contributed by atoms with Crippen molar-refractivity contribution in [2.75, 3.05) is 45.2 Å². The summed E-state index contributed by atoms with van der Waals surface area (Å²) in [4.78, 5) is 34.9. The number of fused-ring (bicyclic) bond motifs is 1. The Bertz CT molecular complexity index is 749. The van der Waals surface area contributed by atoms with E-state index in [1.54, 1.807) is 16.2 Å². The van der Waals surface area contributed by atoms with Crippen molar-refractivity contribution in [1.29, 1.82) is 0 Å². The standard InChI is InChI=1S/C16H23N5O2S2.2ClH/c1-20(2)16-19-14-11(25-16)8-12(24-14)15(23)21-7-3-4-10(9-21)13(22)18-6-5-17;;/h8,10H,3-7,9,17H2,1-2H3,(H,18,22);2*1H. The van der Waals surface area contributed by atoms with Crippen molar-refractivity contribution in [2.24, 2.45) is 11.7 Å². The van der Waals surface area contributed by atoms with Gasteiger partial charge in [0.1, 0.15) is 4.83 Å². The molecule has 3 rings (SSSR count). The number of amides is 2. The number of aromatic nitrogens is 1. The highest BCUT2D eigenvalue weighted by atomic mass is 35.5. The second-order valence-corrected chi connectivity index (χ2v) is 8.38. The Kier molecular flexibility index (Phi) is 9.23. The number of nitrogens with zero attached hydrogens (tertiary/aromatic N) is 3. The monoisotopic (exact) mass is 453 g/mol. The fraction of sp³-hybridized carbons (Fsp3) is 0.562. The molecular weight excluding hydrogens is 429 g/mol. The Morgan fingerprint density at radius 2 is 2.11 bits per heavy atom. The molecule has 0 bridgehead atoms. The number of thiophene rings is 1. The maximum absolute atomic E-state index is 12.8. The van der Waals surface area contributed by atoms with Crippen LogP contribution in [0.3, 0.4) is 0 Å². The molecule has 7 nitrogen and oxygen atoms in total. The van der Waals surface area contributed by atoms with E-state index in [1.165, 1.54) is 11.3 Å². The molecule has 1 fully saturated rings. The third kappa shape index (κ3) is 5.45. The van der Waals surface area contributed by atoms with E-state index in [9.17, 15) is 9.59 Å². The number of anilines is 1. The molecule has 3 heterocycles. The summed E-state index contributed by atoms with van der Waals surface area (Å²) in [5, 5.41) is 3.76. The predicted octanol–water partition coefficient (Wildman–Crippen LogP) is 2.19. The molecule has 1 unspecified atom stereocenters. The predicted molar refractivity (Wildman–Crippen MR) is 117 cm³/mol. The van der Waals surface area contributed by atoms with E-state index in [4.69, 9.17) is 5.73 Å². The van der Waals surface area contributed by atoms with Gasteiger partial charge in [-0.1, -0.05) is 11.3 Å². The van der Waals surface area contributed by atoms with Gasteiger partial charge >= 0.3 is 0 Å². The second kappa shape index (κ2) is 10.4. The first kappa shape index (κ1) is 23.9. The van der Waals surface area contributed by atoms with Crippen LogP contribution in [0.15, 0.2) is 6.07 Å². The zero-order chi connectivity index (χ0) is 18.0. The zero-order valence-corrected chi connectivity index (χ0v) is 18.5. The number of carbonyl (C=O) groups is 2. The Hall–Kier alpha value is -1.13. The van der Waals surface area contributed by atoms with Gasteiger partial charge < -0.3 is 20.9 Å². The minimum Gasteiger partial charge on any atom is -0.355 e. The van der Waals surface area contributed by atoms with Gasteiger partial charge in [-0.3, -0.25) is 9.59 Å². The third-order valence-electron chi connectivity index (χ3n) is 4.19. The van der Waals surface area contributed by atoms with Gasteiger partial charge in [-0.15, -0.1) is 36.2 Å². The van der Waals surface area contributed by atoms with Crippen molar-refractivity contribution in [1.82, 2.24) is 15.2 Å². The Morgan fingerprint density at radius 1 is 1.37 bits per heavy atom. The highest BCUT2D eigenvalue weighted by molar-refractivity contribution is 7.29. The lowest BCUT2D eigenvalue weighted by Crippen LogP contribution is -2.46. The van der Waals surface area contributed by atoms with E-state index in [1.807, 2.05) is 25.1 Å². The van der Waals surface area contributed by atoms with Gasteiger partial charge in [0, 0.05) is 40.3 Å². The maximum Gasteiger partial charge on any atom is 0.264 e. The van der Waals surface area contributed by atoms with Crippen molar-refractivity contribution < 1.29 is 9.59 Å². The molecule has 0 aromatic carbocycles. The molecular formula is C16H25Cl2N5O2S2. The quantitative estimate of drug-likeness (QED) is 0.723. The molecule has 2 aromatic heterocycles. The Labute approximate surface area is 179 Å². The first-order valence-corrected chi connectivity index (χ1v) is 9.97. The normalized spacial score (nSPS) is 16.4. The van der Waals surface area contributed by atoms with E-state index in [-0.39, 0.29) is 42.5 Å². The second-order valence-electron chi connectivity index (χ2n) is 6.34. The molecule has 0 spiro atoms. The summed E-state index contributed by atoms with van der Waals surface area (Å²) in [6.07, 6.45) is 1.66. The van der Waals surface area contributed by atoms with Crippen molar-refractivity contribution >= 4 is 74.0 Å². The molecule has 2 aromatic rings. The maximum atomic E-state index is 12.8. The van der Waals surface area contributed by atoms with E-state index < -0.39 is 0 Å². The number of rotatable bonds is 5. The van der Waals surface area contributed by atoms with Crippen LogP contribution in [0, 0.1) is 5.92 Å². The number of nitrogens with two attached hydrogens (primary N) is 1. The van der Waals surface area contributed by atoms with Gasteiger partial charge in [0.15, 0.2) is 5.13 Å². The van der Waals surface area contributed by atoms with Crippen LogP contribution in [-0.2, 0) is 4.79 Å². The van der Waals surface area contributed by atoms with Crippen LogP contribution in [0.2, 0.25) is 0 Å². The highest BCUT2D eigenvalue weighted by Gasteiger charge is 2.29. The van der Waals surface area contributed by atoms with E-state index >= 15 is 0 Å². The van der Waals surface area contributed by atoms with Crippen LogP contribution < -0.4 is 16.0 Å². The average Bonchev–Trinajstić information content (AvgIpc) is 3.18. The number of piperidine rings is 1. The number of hydrogen-bond donors (Lipinski definition) is 2. The molecule has 3 N–H and O–H groups in total. The molecule has 1 aliphatic rings. The summed E-state index contributed by atoms with van der Waals surface area (Å²) in [5.74, 6) is -0.158. The smallest absolute Gasteiger partial charge is 0.264 e. The van der Waals surface area contributed by atoms with E-state index in [0.29, 0.717) is 31.1 Å². The number of hydrogen-bond acceptors (Lipinski definition) is 7. The molecule has 1 atom stereocenters. The van der Waals surface area contributed by atoms with Crippen molar-refractivity contribution in [3.63, 3.8) is 0 Å². The molecule has 1 aliphatic heterocycles. The Morgan fingerprint density at radius 3 is 2.74 bits per heavy atom. The summed E-state index contributed by atoms with van der Waals surface area (Å²) in [5.41, 5.74) is 5.43. The first-order valence-electron chi connectivity index (χ1n) is 8.34. The highest BCUT2D eigenvalue weighted by Crippen LogP contribution is 2.34. The lowest BCUT2D eigenvalue weighted by Gasteiger charge is -2.31. The lowest BCUT2D eigenvalue weighted by molar-refractivity contribution is -0.126. The van der Waals surface area contributed by atoms with Crippen molar-refractivity contribution in [3.05, 3.63) is 10.9 Å². The fourth-order valence-electron chi connectivity index (χ4n) is 2.89. The van der Waals surface area contributed by atoms with Crippen LogP contribution >= 0.6 is 47.5 Å². The van der Waals surface area contributed by atoms with Gasteiger partial charge in [0.05, 0.1) is 15.5 Å². The minimum absolute atomic E-state index is 0. The molecule has 0 aliphatic carbocycles. The zero-order valence-electron chi connectivity index (χ0n) is 15.3. The van der Waals surface area contributed by atoms with Gasteiger partial charge in [-0.05, 0) is 18.9 Å². The number of thiazole rings is 1. The molecule has 1 saturated heterocycles. The first-order chi connectivity index (χ1) is 12.0. The van der Waals surface area contributed by atoms with Crippen LogP contribution in [0.25, 0.3) is 9.53 Å². The number of nitrogens with one attached hydrogen (secondary N) is 1. The molecule has 11 heteroatoms. The number of halogens is 2. The average molecular weight is 454 g/mol. The van der Waals surface area contributed by atoms with Crippen LogP contribution in [0.1, 0.15) is 22.5 Å². The molecule has 2 amide bonds. The minimum atomic E-state index is -0.149. The van der Waals surface area contributed by atoms with Crippen LogP contribution in [0.4, 0.5) is 5.13 Å². The van der Waals surface area contributed by atoms with Crippen LogP contribution in [-0.4, -0.2) is 62.0 Å². The van der Waals surface area contributed by atoms with Gasteiger partial charge in [0.2, 0.25) is 5.91 Å². The van der Waals surface area contributed by atoms with Gasteiger partial charge in [-0.2, -0.15) is 0 Å². The van der Waals surface area contributed by atoms with Crippen LogP contribution in [0.5, 0.6) is 0 Å².